The van der Waals surface area contributed by atoms with Gasteiger partial charge in [-0.05, 0) is 26.2 Å². The molecule has 0 aromatic rings. The summed E-state index contributed by atoms with van der Waals surface area (Å²) >= 11 is 0. The van der Waals surface area contributed by atoms with Gasteiger partial charge in [0.05, 0.1) is 26.5 Å². The third kappa shape index (κ3) is 13.4. The molecule has 9 nitrogen and oxygen atoms in total. The van der Waals surface area contributed by atoms with Gasteiger partial charge in [0, 0.05) is 13.5 Å². The number of amides is 2. The van der Waals surface area contributed by atoms with Crippen LogP contribution in [0.4, 0.5) is 9.59 Å². The highest BCUT2D eigenvalue weighted by molar-refractivity contribution is 5.70. The third-order valence-electron chi connectivity index (χ3n) is 2.80. The Morgan fingerprint density at radius 3 is 2.22 bits per heavy atom. The van der Waals surface area contributed by atoms with E-state index in [1.165, 1.54) is 14.2 Å². The fourth-order valence-electron chi connectivity index (χ4n) is 1.37. The van der Waals surface area contributed by atoms with Crippen LogP contribution in [0.3, 0.4) is 0 Å². The van der Waals surface area contributed by atoms with Crippen LogP contribution in [0.5, 0.6) is 0 Å². The lowest BCUT2D eigenvalue weighted by Gasteiger charge is -2.11. The summed E-state index contributed by atoms with van der Waals surface area (Å²) < 4.78 is 19.1. The second kappa shape index (κ2) is 13.6. The van der Waals surface area contributed by atoms with Crippen molar-refractivity contribution >= 4 is 18.2 Å². The number of nitrogens with one attached hydrogen (secondary N) is 2. The average molecular weight is 334 g/mol. The first-order chi connectivity index (χ1) is 11.0. The van der Waals surface area contributed by atoms with Crippen LogP contribution >= 0.6 is 0 Å². The van der Waals surface area contributed by atoms with Crippen molar-refractivity contribution in [1.82, 2.24) is 10.6 Å². The highest BCUT2D eigenvalue weighted by Crippen LogP contribution is 2.01. The minimum atomic E-state index is -0.656. The Bertz CT molecular complexity index is 363. The number of unbranched alkanes of at least 4 members (excludes halogenated alkanes) is 2. The van der Waals surface area contributed by atoms with E-state index >= 15 is 0 Å². The first kappa shape index (κ1) is 21.0. The molecule has 23 heavy (non-hydrogen) atoms. The smallest absolute Gasteiger partial charge is 0.408 e. The van der Waals surface area contributed by atoms with Crippen molar-refractivity contribution in [2.45, 2.75) is 38.7 Å². The standard InChI is InChI=1S/C14H26N2O7/c1-11(20-2)9-23-14(19)16-10-15-13(18)22-8-6-4-5-7-12(17)21-3/h11H,4-10H2,1-3H3,(H,15,18)(H,16,19). The molecular weight excluding hydrogens is 308 g/mol. The topological polar surface area (TPSA) is 112 Å². The Balaban J connectivity index is 3.46. The highest BCUT2D eigenvalue weighted by atomic mass is 16.6. The lowest BCUT2D eigenvalue weighted by Crippen LogP contribution is -2.38. The van der Waals surface area contributed by atoms with Gasteiger partial charge >= 0.3 is 18.2 Å². The minimum absolute atomic E-state index is 0.0959. The molecule has 0 radical (unpaired) electrons. The second-order valence-electron chi connectivity index (χ2n) is 4.70. The van der Waals surface area contributed by atoms with E-state index in [0.29, 0.717) is 19.3 Å². The van der Waals surface area contributed by atoms with Crippen LogP contribution in [0, 0.1) is 0 Å². The van der Waals surface area contributed by atoms with Gasteiger partial charge in [0.1, 0.15) is 6.61 Å². The van der Waals surface area contributed by atoms with E-state index < -0.39 is 12.2 Å². The zero-order chi connectivity index (χ0) is 17.5. The number of alkyl carbamates (subject to hydrolysis) is 2. The molecule has 0 aliphatic carbocycles. The van der Waals surface area contributed by atoms with Crippen molar-refractivity contribution in [3.05, 3.63) is 0 Å². The van der Waals surface area contributed by atoms with Crippen LogP contribution in [0.15, 0.2) is 0 Å². The number of hydrogen-bond donors (Lipinski definition) is 2. The molecule has 0 aromatic carbocycles. The fraction of sp³-hybridized carbons (Fsp3) is 0.786. The van der Waals surface area contributed by atoms with E-state index in [4.69, 9.17) is 14.2 Å². The zero-order valence-corrected chi connectivity index (χ0v) is 13.9. The van der Waals surface area contributed by atoms with Crippen molar-refractivity contribution < 1.29 is 33.3 Å². The lowest BCUT2D eigenvalue weighted by atomic mass is 10.2. The number of carbonyl (C=O) groups excluding carboxylic acids is 3. The molecule has 0 aliphatic rings. The molecular formula is C14H26N2O7. The number of ether oxygens (including phenoxy) is 4. The molecule has 0 heterocycles. The zero-order valence-electron chi connectivity index (χ0n) is 13.9. The lowest BCUT2D eigenvalue weighted by molar-refractivity contribution is -0.140. The fourth-order valence-corrected chi connectivity index (χ4v) is 1.37. The van der Waals surface area contributed by atoms with E-state index in [1.807, 2.05) is 0 Å². The van der Waals surface area contributed by atoms with Crippen molar-refractivity contribution in [2.24, 2.45) is 0 Å². The maximum absolute atomic E-state index is 11.3. The van der Waals surface area contributed by atoms with Gasteiger partial charge in [-0.2, -0.15) is 0 Å². The van der Waals surface area contributed by atoms with E-state index in [2.05, 4.69) is 15.4 Å². The van der Waals surface area contributed by atoms with Gasteiger partial charge in [0.15, 0.2) is 0 Å². The van der Waals surface area contributed by atoms with Crippen LogP contribution in [-0.2, 0) is 23.7 Å². The molecule has 2 amide bonds. The first-order valence-corrected chi connectivity index (χ1v) is 7.40. The molecule has 0 fully saturated rings. The van der Waals surface area contributed by atoms with Crippen molar-refractivity contribution in [1.29, 1.82) is 0 Å². The van der Waals surface area contributed by atoms with E-state index in [1.54, 1.807) is 6.92 Å². The molecule has 1 unspecified atom stereocenters. The number of carbonyl (C=O) groups is 3. The Morgan fingerprint density at radius 1 is 0.957 bits per heavy atom. The van der Waals surface area contributed by atoms with Gasteiger partial charge in [-0.15, -0.1) is 0 Å². The average Bonchev–Trinajstić information content (AvgIpc) is 2.55. The number of rotatable bonds is 11. The summed E-state index contributed by atoms with van der Waals surface area (Å²) in [6, 6.07) is 0. The third-order valence-corrected chi connectivity index (χ3v) is 2.80. The first-order valence-electron chi connectivity index (χ1n) is 7.40. The van der Waals surface area contributed by atoms with Gasteiger partial charge in [-0.25, -0.2) is 9.59 Å². The molecule has 0 saturated carbocycles. The van der Waals surface area contributed by atoms with Crippen LogP contribution in [0.25, 0.3) is 0 Å². The summed E-state index contributed by atoms with van der Waals surface area (Å²) in [6.45, 7) is 2.02. The SMILES string of the molecule is COC(=O)CCCCCOC(=O)NCNC(=O)OCC(C)OC. The maximum Gasteiger partial charge on any atom is 0.408 e. The molecule has 0 rings (SSSR count). The quantitative estimate of drug-likeness (QED) is 0.252. The summed E-state index contributed by atoms with van der Waals surface area (Å²) in [5.41, 5.74) is 0. The Morgan fingerprint density at radius 2 is 1.61 bits per heavy atom. The summed E-state index contributed by atoms with van der Waals surface area (Å²) in [4.78, 5) is 33.4. The monoisotopic (exact) mass is 334 g/mol. The van der Waals surface area contributed by atoms with Crippen molar-refractivity contribution in [2.75, 3.05) is 34.1 Å². The Labute approximate surface area is 136 Å². The Hall–Kier alpha value is -2.03. The Kier molecular flexibility index (Phi) is 12.4. The van der Waals surface area contributed by atoms with Gasteiger partial charge < -0.3 is 29.6 Å². The van der Waals surface area contributed by atoms with Gasteiger partial charge in [-0.3, -0.25) is 4.79 Å². The molecule has 0 bridgehead atoms. The normalized spacial score (nSPS) is 11.3. The van der Waals surface area contributed by atoms with Gasteiger partial charge in [-0.1, -0.05) is 0 Å². The van der Waals surface area contributed by atoms with Crippen LogP contribution in [-0.4, -0.2) is 58.4 Å². The van der Waals surface area contributed by atoms with E-state index in [0.717, 1.165) is 6.42 Å². The number of methoxy groups -OCH3 is 2. The molecule has 0 aromatic heterocycles. The van der Waals surface area contributed by atoms with Crippen LogP contribution in [0.2, 0.25) is 0 Å². The van der Waals surface area contributed by atoms with Crippen LogP contribution in [0.1, 0.15) is 32.6 Å². The predicted molar refractivity (Wildman–Crippen MR) is 80.8 cm³/mol. The summed E-state index contributed by atoms with van der Waals surface area (Å²) in [5.74, 6) is -0.249. The molecule has 0 aliphatic heterocycles. The summed E-state index contributed by atoms with van der Waals surface area (Å²) in [5, 5.41) is 4.70. The summed E-state index contributed by atoms with van der Waals surface area (Å²) in [7, 11) is 2.86. The predicted octanol–water partition coefficient (Wildman–Crippen LogP) is 1.16. The molecule has 9 heteroatoms. The van der Waals surface area contributed by atoms with E-state index in [9.17, 15) is 14.4 Å². The molecule has 134 valence electrons. The number of esters is 1. The van der Waals surface area contributed by atoms with Crippen molar-refractivity contribution in [3.8, 4) is 0 Å². The second-order valence-corrected chi connectivity index (χ2v) is 4.70. The van der Waals surface area contributed by atoms with E-state index in [-0.39, 0.29) is 32.0 Å². The largest absolute Gasteiger partial charge is 0.469 e. The highest BCUT2D eigenvalue weighted by Gasteiger charge is 2.07. The number of hydrogen-bond acceptors (Lipinski definition) is 7. The minimum Gasteiger partial charge on any atom is -0.469 e. The maximum atomic E-state index is 11.3. The van der Waals surface area contributed by atoms with Crippen LogP contribution < -0.4 is 10.6 Å². The summed E-state index contributed by atoms with van der Waals surface area (Å²) in [6.07, 6.45) is 0.958. The molecule has 0 saturated heterocycles. The van der Waals surface area contributed by atoms with Crippen molar-refractivity contribution in [3.63, 3.8) is 0 Å². The van der Waals surface area contributed by atoms with Gasteiger partial charge in [0.2, 0.25) is 0 Å². The molecule has 1 atom stereocenters. The molecule has 2 N–H and O–H groups in total. The van der Waals surface area contributed by atoms with Gasteiger partial charge in [0.25, 0.3) is 0 Å². The molecule has 0 spiro atoms.